The molecule has 0 spiro atoms. The van der Waals surface area contributed by atoms with Gasteiger partial charge in [0.05, 0.1) is 23.5 Å². The van der Waals surface area contributed by atoms with Crippen LogP contribution in [0, 0.1) is 0 Å². The Labute approximate surface area is 174 Å². The van der Waals surface area contributed by atoms with Crippen LogP contribution in [0.25, 0.3) is 10.9 Å². The third kappa shape index (κ3) is 5.30. The lowest BCUT2D eigenvalue weighted by Gasteiger charge is -2.26. The summed E-state index contributed by atoms with van der Waals surface area (Å²) in [6.07, 6.45) is 0. The Morgan fingerprint density at radius 3 is 2.53 bits per heavy atom. The number of nitrogens with one attached hydrogen (secondary N) is 3. The molecular weight excluding hydrogens is 382 g/mol. The lowest BCUT2D eigenvalue weighted by atomic mass is 10.2. The number of hydrogen-bond acceptors (Lipinski definition) is 5. The van der Waals surface area contributed by atoms with Crippen molar-refractivity contribution in [1.29, 1.82) is 0 Å². The van der Waals surface area contributed by atoms with Gasteiger partial charge >= 0.3 is 6.03 Å². The van der Waals surface area contributed by atoms with Crippen molar-refractivity contribution in [1.82, 2.24) is 25.5 Å². The lowest BCUT2D eigenvalue weighted by Crippen LogP contribution is -2.49. The van der Waals surface area contributed by atoms with Gasteiger partial charge in [0, 0.05) is 6.54 Å². The smallest absolute Gasteiger partial charge is 0.321 e. The highest BCUT2D eigenvalue weighted by Gasteiger charge is 2.22. The van der Waals surface area contributed by atoms with Crippen molar-refractivity contribution in [3.63, 3.8) is 0 Å². The predicted molar refractivity (Wildman–Crippen MR) is 115 cm³/mol. The number of likely N-dealkylation sites (N-methyl/N-ethyl adjacent to an activating group) is 1. The van der Waals surface area contributed by atoms with E-state index in [2.05, 4.69) is 20.6 Å². The number of hydrogen-bond donors (Lipinski definition) is 3. The van der Waals surface area contributed by atoms with Gasteiger partial charge < -0.3 is 10.3 Å². The molecule has 30 heavy (non-hydrogen) atoms. The fourth-order valence-corrected chi connectivity index (χ4v) is 3.13. The summed E-state index contributed by atoms with van der Waals surface area (Å²) >= 11 is 0. The number of para-hydroxylation sites is 1. The zero-order valence-electron chi connectivity index (χ0n) is 17.0. The molecule has 0 saturated heterocycles. The monoisotopic (exact) mass is 407 g/mol. The van der Waals surface area contributed by atoms with E-state index in [4.69, 9.17) is 0 Å². The normalized spacial score (nSPS) is 12.0. The number of benzene rings is 2. The van der Waals surface area contributed by atoms with Crippen LogP contribution in [0.4, 0.5) is 4.79 Å². The van der Waals surface area contributed by atoms with E-state index in [1.54, 1.807) is 25.1 Å². The summed E-state index contributed by atoms with van der Waals surface area (Å²) in [5.41, 5.74) is 1.32. The molecule has 1 aromatic heterocycles. The Bertz CT molecular complexity index is 1080. The van der Waals surface area contributed by atoms with Crippen molar-refractivity contribution in [3.8, 4) is 0 Å². The van der Waals surface area contributed by atoms with Crippen molar-refractivity contribution < 1.29 is 9.59 Å². The van der Waals surface area contributed by atoms with E-state index in [1.807, 2.05) is 48.2 Å². The van der Waals surface area contributed by atoms with Crippen LogP contribution >= 0.6 is 0 Å². The van der Waals surface area contributed by atoms with E-state index in [-0.39, 0.29) is 12.1 Å². The van der Waals surface area contributed by atoms with E-state index in [0.29, 0.717) is 29.8 Å². The summed E-state index contributed by atoms with van der Waals surface area (Å²) in [6.45, 7) is 4.75. The SMILES string of the molecule is CCN(Cc1nc2ccccc2c(=O)[nH]1)C(C)C(=O)NC(=O)NCc1ccccc1. The summed E-state index contributed by atoms with van der Waals surface area (Å²) in [5.74, 6) is 0.0410. The lowest BCUT2D eigenvalue weighted by molar-refractivity contribution is -0.124. The standard InChI is InChI=1S/C22H25N5O3/c1-3-27(14-19-24-18-12-8-7-11-17(18)21(29)25-19)15(2)20(28)26-22(30)23-13-16-9-5-4-6-10-16/h4-12,15H,3,13-14H2,1-2H3,(H,24,25,29)(H2,23,26,28,30). The topological polar surface area (TPSA) is 107 Å². The van der Waals surface area contributed by atoms with E-state index in [0.717, 1.165) is 5.56 Å². The average Bonchev–Trinajstić information content (AvgIpc) is 2.76. The van der Waals surface area contributed by atoms with Gasteiger partial charge in [-0.1, -0.05) is 49.4 Å². The third-order valence-corrected chi connectivity index (χ3v) is 4.88. The van der Waals surface area contributed by atoms with Crippen LogP contribution in [0.15, 0.2) is 59.4 Å². The molecule has 0 radical (unpaired) electrons. The maximum absolute atomic E-state index is 12.5. The van der Waals surface area contributed by atoms with Crippen LogP contribution in [0.5, 0.6) is 0 Å². The molecule has 1 atom stereocenters. The summed E-state index contributed by atoms with van der Waals surface area (Å²) in [5, 5.41) is 5.56. The predicted octanol–water partition coefficient (Wildman–Crippen LogP) is 2.16. The van der Waals surface area contributed by atoms with Crippen molar-refractivity contribution >= 4 is 22.8 Å². The van der Waals surface area contributed by atoms with Crippen LogP contribution in [0.2, 0.25) is 0 Å². The highest BCUT2D eigenvalue weighted by Crippen LogP contribution is 2.09. The number of amides is 3. The van der Waals surface area contributed by atoms with Crippen molar-refractivity contribution in [2.75, 3.05) is 6.54 Å². The fraction of sp³-hybridized carbons (Fsp3) is 0.273. The molecule has 3 N–H and O–H groups in total. The molecule has 0 aliphatic heterocycles. The largest absolute Gasteiger partial charge is 0.334 e. The highest BCUT2D eigenvalue weighted by atomic mass is 16.2. The first-order valence-electron chi connectivity index (χ1n) is 9.82. The Morgan fingerprint density at radius 2 is 1.80 bits per heavy atom. The molecular formula is C22H25N5O3. The minimum atomic E-state index is -0.589. The van der Waals surface area contributed by atoms with Gasteiger partial charge in [0.15, 0.2) is 0 Å². The number of nitrogens with zero attached hydrogens (tertiary/aromatic N) is 2. The van der Waals surface area contributed by atoms with Gasteiger partial charge in [-0.2, -0.15) is 0 Å². The summed E-state index contributed by atoms with van der Waals surface area (Å²) in [7, 11) is 0. The first kappa shape index (κ1) is 21.2. The number of H-pyrrole nitrogens is 1. The van der Waals surface area contributed by atoms with E-state index < -0.39 is 18.0 Å². The quantitative estimate of drug-likeness (QED) is 0.556. The van der Waals surface area contributed by atoms with E-state index >= 15 is 0 Å². The molecule has 156 valence electrons. The van der Waals surface area contributed by atoms with Crippen molar-refractivity contribution in [2.45, 2.75) is 33.0 Å². The third-order valence-electron chi connectivity index (χ3n) is 4.88. The second kappa shape index (κ2) is 9.80. The zero-order valence-corrected chi connectivity index (χ0v) is 17.0. The second-order valence-electron chi connectivity index (χ2n) is 6.93. The molecule has 8 nitrogen and oxygen atoms in total. The zero-order chi connectivity index (χ0) is 21.5. The number of carbonyl (C=O) groups excluding carboxylic acids is 2. The highest BCUT2D eigenvalue weighted by molar-refractivity contribution is 5.96. The molecule has 0 saturated carbocycles. The first-order valence-corrected chi connectivity index (χ1v) is 9.82. The van der Waals surface area contributed by atoms with Gasteiger partial charge in [-0.25, -0.2) is 9.78 Å². The van der Waals surface area contributed by atoms with Gasteiger partial charge in [-0.05, 0) is 31.2 Å². The summed E-state index contributed by atoms with van der Waals surface area (Å²) in [6, 6.07) is 15.4. The van der Waals surface area contributed by atoms with Crippen LogP contribution in [-0.4, -0.2) is 39.4 Å². The number of urea groups is 1. The fourth-order valence-electron chi connectivity index (χ4n) is 3.13. The van der Waals surface area contributed by atoms with Gasteiger partial charge in [0.1, 0.15) is 5.82 Å². The molecule has 0 bridgehead atoms. The Morgan fingerprint density at radius 1 is 1.10 bits per heavy atom. The van der Waals surface area contributed by atoms with Gasteiger partial charge in [0.25, 0.3) is 5.56 Å². The molecule has 0 fully saturated rings. The number of imide groups is 1. The second-order valence-corrected chi connectivity index (χ2v) is 6.93. The summed E-state index contributed by atoms with van der Waals surface area (Å²) < 4.78 is 0. The molecule has 1 heterocycles. The minimum Gasteiger partial charge on any atom is -0.334 e. The molecule has 2 aromatic carbocycles. The Hall–Kier alpha value is -3.52. The molecule has 0 aliphatic carbocycles. The Kier molecular flexibility index (Phi) is 6.92. The minimum absolute atomic E-state index is 0.218. The molecule has 3 rings (SSSR count). The number of fused-ring (bicyclic) bond motifs is 1. The average molecular weight is 407 g/mol. The van der Waals surface area contributed by atoms with Gasteiger partial charge in [0.2, 0.25) is 5.91 Å². The van der Waals surface area contributed by atoms with E-state index in [9.17, 15) is 14.4 Å². The summed E-state index contributed by atoms with van der Waals surface area (Å²) in [4.78, 5) is 45.9. The Balaban J connectivity index is 1.61. The number of rotatable bonds is 7. The van der Waals surface area contributed by atoms with Crippen LogP contribution < -0.4 is 16.2 Å². The number of aromatic amines is 1. The number of aromatic nitrogens is 2. The molecule has 1 unspecified atom stereocenters. The van der Waals surface area contributed by atoms with Crippen LogP contribution in [0.1, 0.15) is 25.2 Å². The van der Waals surface area contributed by atoms with Crippen LogP contribution in [0.3, 0.4) is 0 Å². The molecule has 3 amide bonds. The van der Waals surface area contributed by atoms with Crippen LogP contribution in [-0.2, 0) is 17.9 Å². The molecule has 3 aromatic rings. The maximum atomic E-state index is 12.5. The van der Waals surface area contributed by atoms with Crippen molar-refractivity contribution in [3.05, 3.63) is 76.3 Å². The first-order chi connectivity index (χ1) is 14.5. The van der Waals surface area contributed by atoms with Gasteiger partial charge in [-0.3, -0.25) is 19.8 Å². The molecule has 0 aliphatic rings. The van der Waals surface area contributed by atoms with Gasteiger partial charge in [-0.15, -0.1) is 0 Å². The maximum Gasteiger partial charge on any atom is 0.321 e. The molecule has 8 heteroatoms. The van der Waals surface area contributed by atoms with Crippen molar-refractivity contribution in [2.24, 2.45) is 0 Å². The van der Waals surface area contributed by atoms with E-state index in [1.165, 1.54) is 0 Å². The number of carbonyl (C=O) groups is 2.